The summed E-state index contributed by atoms with van der Waals surface area (Å²) >= 11 is 1.10. The number of piperidine rings is 1. The number of hydrogen-bond acceptors (Lipinski definition) is 8. The Morgan fingerprint density at radius 1 is 1.02 bits per heavy atom. The summed E-state index contributed by atoms with van der Waals surface area (Å²) in [5.74, 6) is -1.38. The van der Waals surface area contributed by atoms with Gasteiger partial charge in [-0.15, -0.1) is 11.3 Å². The first-order valence-electron chi connectivity index (χ1n) is 14.3. The Bertz CT molecular complexity index is 1860. The van der Waals surface area contributed by atoms with E-state index in [4.69, 9.17) is 5.14 Å². The van der Waals surface area contributed by atoms with Crippen LogP contribution in [0.2, 0.25) is 0 Å². The van der Waals surface area contributed by atoms with Crippen molar-refractivity contribution in [2.75, 3.05) is 25.4 Å². The number of nitrogens with one attached hydrogen (secondary N) is 1. The van der Waals surface area contributed by atoms with Crippen LogP contribution in [0.1, 0.15) is 45.8 Å². The summed E-state index contributed by atoms with van der Waals surface area (Å²) in [5, 5.41) is 7.63. The molecule has 2 amide bonds. The van der Waals surface area contributed by atoms with Crippen LogP contribution in [0.5, 0.6) is 0 Å². The molecule has 44 heavy (non-hydrogen) atoms. The molecule has 5 rings (SSSR count). The van der Waals surface area contributed by atoms with Gasteiger partial charge in [-0.25, -0.2) is 27.0 Å². The molecule has 232 valence electrons. The molecule has 3 N–H and O–H groups in total. The molecule has 0 spiro atoms. The van der Waals surface area contributed by atoms with Crippen LogP contribution in [0, 0.1) is 6.92 Å². The lowest BCUT2D eigenvalue weighted by Crippen LogP contribution is -2.48. The van der Waals surface area contributed by atoms with Crippen molar-refractivity contribution in [3.05, 3.63) is 88.4 Å². The van der Waals surface area contributed by atoms with Gasteiger partial charge in [-0.05, 0) is 72.7 Å². The zero-order chi connectivity index (χ0) is 31.5. The highest BCUT2D eigenvalue weighted by molar-refractivity contribution is 7.89. The van der Waals surface area contributed by atoms with Crippen LogP contribution in [-0.2, 0) is 36.7 Å². The minimum atomic E-state index is -3.88. The number of carbonyl (C=O) groups is 2. The van der Waals surface area contributed by atoms with Crippen molar-refractivity contribution in [1.29, 1.82) is 0 Å². The molecule has 1 aliphatic heterocycles. The van der Waals surface area contributed by atoms with Gasteiger partial charge in [0.1, 0.15) is 5.01 Å². The molecule has 0 aliphatic carbocycles. The van der Waals surface area contributed by atoms with Gasteiger partial charge in [0, 0.05) is 31.6 Å². The molecule has 0 saturated carbocycles. The van der Waals surface area contributed by atoms with E-state index < -0.39 is 37.1 Å². The topological polar surface area (TPSA) is 157 Å². The van der Waals surface area contributed by atoms with Gasteiger partial charge < -0.3 is 10.2 Å². The Labute approximate surface area is 262 Å². The number of aromatic nitrogens is 1. The lowest BCUT2D eigenvalue weighted by Gasteiger charge is -2.26. The second-order valence-electron chi connectivity index (χ2n) is 11.0. The third kappa shape index (κ3) is 6.85. The highest BCUT2D eigenvalue weighted by Gasteiger charge is 2.47. The van der Waals surface area contributed by atoms with Crippen molar-refractivity contribution in [3.8, 4) is 11.1 Å². The van der Waals surface area contributed by atoms with E-state index in [1.807, 2.05) is 48.2 Å². The van der Waals surface area contributed by atoms with E-state index in [9.17, 15) is 26.4 Å². The van der Waals surface area contributed by atoms with Crippen LogP contribution in [0.15, 0.2) is 66.7 Å². The van der Waals surface area contributed by atoms with Crippen molar-refractivity contribution in [1.82, 2.24) is 15.2 Å². The summed E-state index contributed by atoms with van der Waals surface area (Å²) in [6, 6.07) is 19.9. The highest BCUT2D eigenvalue weighted by atomic mass is 32.2. The first-order chi connectivity index (χ1) is 21.0. The van der Waals surface area contributed by atoms with Gasteiger partial charge in [-0.1, -0.05) is 42.5 Å². The normalized spacial score (nSPS) is 15.3. The summed E-state index contributed by atoms with van der Waals surface area (Å²) in [7, 11) is -7.30. The van der Waals surface area contributed by atoms with E-state index in [0.29, 0.717) is 21.3 Å². The molecule has 0 bridgehead atoms. The van der Waals surface area contributed by atoms with Crippen molar-refractivity contribution < 1.29 is 26.4 Å². The SMILES string of the molecule is Cc1cc2nc(C(Cc3ccccc3)(C(=O)NCCS(N)(=O)=O)[SH](=O)=O)sc2cc1-c1ccc(C(=O)N2CCCCC2)cc1. The third-order valence-electron chi connectivity index (χ3n) is 7.84. The van der Waals surface area contributed by atoms with Gasteiger partial charge in [0.2, 0.25) is 20.7 Å². The Balaban J connectivity index is 1.51. The number of sulfonamides is 1. The van der Waals surface area contributed by atoms with Crippen LogP contribution in [0.3, 0.4) is 0 Å². The van der Waals surface area contributed by atoms with Gasteiger partial charge in [0.25, 0.3) is 5.91 Å². The van der Waals surface area contributed by atoms with Crippen LogP contribution < -0.4 is 10.5 Å². The molecule has 1 fully saturated rings. The van der Waals surface area contributed by atoms with Gasteiger partial charge >= 0.3 is 0 Å². The number of nitrogens with two attached hydrogens (primary N) is 1. The number of fused-ring (bicyclic) bond motifs is 1. The fourth-order valence-corrected chi connectivity index (χ4v) is 8.04. The Kier molecular flexibility index (Phi) is 9.49. The smallest absolute Gasteiger partial charge is 0.253 e. The molecular formula is C31H34N4O6S3. The summed E-state index contributed by atoms with van der Waals surface area (Å²) in [6.07, 6.45) is 2.99. The summed E-state index contributed by atoms with van der Waals surface area (Å²) in [4.78, 5) is 33.1. The number of aryl methyl sites for hydroxylation is 1. The maximum absolute atomic E-state index is 13.6. The number of primary sulfonamides is 1. The molecular weight excluding hydrogens is 621 g/mol. The zero-order valence-electron chi connectivity index (χ0n) is 24.2. The maximum Gasteiger partial charge on any atom is 0.253 e. The predicted molar refractivity (Wildman–Crippen MR) is 173 cm³/mol. The van der Waals surface area contributed by atoms with Crippen LogP contribution in [-0.4, -0.2) is 63.9 Å². The fraction of sp³-hybridized carbons (Fsp3) is 0.323. The zero-order valence-corrected chi connectivity index (χ0v) is 26.7. The van der Waals surface area contributed by atoms with Gasteiger partial charge in [0.05, 0.1) is 16.0 Å². The minimum Gasteiger partial charge on any atom is -0.353 e. The summed E-state index contributed by atoms with van der Waals surface area (Å²) < 4.78 is 47.6. The molecule has 0 radical (unpaired) electrons. The predicted octanol–water partition coefficient (Wildman–Crippen LogP) is 3.35. The van der Waals surface area contributed by atoms with Crippen molar-refractivity contribution in [2.24, 2.45) is 5.14 Å². The number of thiol groups is 1. The average molecular weight is 655 g/mol. The van der Waals surface area contributed by atoms with E-state index in [1.165, 1.54) is 0 Å². The molecule has 1 saturated heterocycles. The van der Waals surface area contributed by atoms with Gasteiger partial charge in [-0.3, -0.25) is 9.59 Å². The van der Waals surface area contributed by atoms with E-state index in [0.717, 1.165) is 60.4 Å². The lowest BCUT2D eigenvalue weighted by atomic mass is 9.97. The van der Waals surface area contributed by atoms with E-state index >= 15 is 0 Å². The fourth-order valence-electron chi connectivity index (χ4n) is 5.46. The van der Waals surface area contributed by atoms with Crippen LogP contribution in [0.4, 0.5) is 0 Å². The number of rotatable bonds is 10. The van der Waals surface area contributed by atoms with Crippen molar-refractivity contribution in [3.63, 3.8) is 0 Å². The molecule has 1 aliphatic rings. The second kappa shape index (κ2) is 13.1. The first-order valence-corrected chi connectivity index (χ1v) is 18.0. The number of carbonyl (C=O) groups excluding carboxylic acids is 2. The van der Waals surface area contributed by atoms with Gasteiger partial charge in [-0.2, -0.15) is 0 Å². The molecule has 2 heterocycles. The van der Waals surface area contributed by atoms with Crippen molar-refractivity contribution >= 4 is 54.1 Å². The second-order valence-corrected chi connectivity index (χ2v) is 15.0. The van der Waals surface area contributed by atoms with E-state index in [-0.39, 0.29) is 23.9 Å². The summed E-state index contributed by atoms with van der Waals surface area (Å²) in [6.45, 7) is 3.12. The first kappa shape index (κ1) is 31.8. The molecule has 1 aromatic heterocycles. The number of thiazole rings is 1. The highest BCUT2D eigenvalue weighted by Crippen LogP contribution is 2.38. The Hall–Kier alpha value is -3.65. The quantitative estimate of drug-likeness (QED) is 0.222. The number of likely N-dealkylation sites (tertiary alicyclic amines) is 1. The lowest BCUT2D eigenvalue weighted by molar-refractivity contribution is -0.123. The van der Waals surface area contributed by atoms with E-state index in [1.54, 1.807) is 30.3 Å². The molecule has 1 atom stereocenters. The number of amides is 2. The van der Waals surface area contributed by atoms with Crippen LogP contribution >= 0.6 is 11.3 Å². The van der Waals surface area contributed by atoms with Crippen LogP contribution in [0.25, 0.3) is 21.3 Å². The number of hydrogen-bond donors (Lipinski definition) is 3. The summed E-state index contributed by atoms with van der Waals surface area (Å²) in [5.41, 5.74) is 4.44. The Morgan fingerprint density at radius 2 is 1.70 bits per heavy atom. The monoisotopic (exact) mass is 654 g/mol. The average Bonchev–Trinajstić information content (AvgIpc) is 3.42. The standard InChI is InChI=1S/C31H34N4O6S3/c1-21-18-26-27(19-25(21)23-10-12-24(13-11-23)28(36)35-15-6-3-7-16-35)42-30(34-26)31(43(38)39,20-22-8-4-2-5-9-22)29(37)33-14-17-44(32,40)41/h2,4-5,8-13,18-19,43H,3,6-7,14-17,20H2,1H3,(H,33,37)(H2,32,40,41). The third-order valence-corrected chi connectivity index (χ3v) is 11.1. The molecule has 4 aromatic rings. The maximum atomic E-state index is 13.6. The molecule has 3 aromatic carbocycles. The minimum absolute atomic E-state index is 0.0272. The molecule has 13 heteroatoms. The Morgan fingerprint density at radius 3 is 2.34 bits per heavy atom. The molecule has 1 unspecified atom stereocenters. The largest absolute Gasteiger partial charge is 0.353 e. The molecule has 10 nitrogen and oxygen atoms in total. The van der Waals surface area contributed by atoms with Crippen molar-refractivity contribution in [2.45, 2.75) is 37.4 Å². The van der Waals surface area contributed by atoms with E-state index in [2.05, 4.69) is 10.3 Å². The number of nitrogens with zero attached hydrogens (tertiary/aromatic N) is 2. The number of benzene rings is 3. The van der Waals surface area contributed by atoms with Gasteiger partial charge in [0.15, 0.2) is 10.7 Å².